The Labute approximate surface area is 119 Å². The Morgan fingerprint density at radius 1 is 1.40 bits per heavy atom. The second-order valence-corrected chi connectivity index (χ2v) is 4.50. The highest BCUT2D eigenvalue weighted by molar-refractivity contribution is 6.30. The molecule has 6 nitrogen and oxygen atoms in total. The lowest BCUT2D eigenvalue weighted by Crippen LogP contribution is -1.96. The highest BCUT2D eigenvalue weighted by atomic mass is 35.5. The van der Waals surface area contributed by atoms with Crippen molar-refractivity contribution in [1.82, 2.24) is 4.98 Å². The van der Waals surface area contributed by atoms with E-state index in [0.717, 1.165) is 0 Å². The summed E-state index contributed by atoms with van der Waals surface area (Å²) in [6, 6.07) is 7.20. The summed E-state index contributed by atoms with van der Waals surface area (Å²) in [6.45, 7) is 1.59. The van der Waals surface area contributed by atoms with Crippen LogP contribution in [0.3, 0.4) is 0 Å². The molecule has 0 saturated heterocycles. The second kappa shape index (κ2) is 5.85. The summed E-state index contributed by atoms with van der Waals surface area (Å²) >= 11 is 5.80. The molecule has 2 rings (SSSR count). The maximum atomic E-state index is 10.9. The van der Waals surface area contributed by atoms with Crippen LogP contribution in [0.1, 0.15) is 18.7 Å². The van der Waals surface area contributed by atoms with E-state index in [9.17, 15) is 15.2 Å². The molecule has 0 aliphatic heterocycles. The predicted octanol–water partition coefficient (Wildman–Crippen LogP) is 3.49. The van der Waals surface area contributed by atoms with Crippen molar-refractivity contribution in [3.63, 3.8) is 0 Å². The van der Waals surface area contributed by atoms with E-state index in [1.165, 1.54) is 24.4 Å². The molecule has 0 fully saturated rings. The summed E-state index contributed by atoms with van der Waals surface area (Å²) < 4.78 is 5.42. The number of hydrogen-bond acceptors (Lipinski definition) is 5. The van der Waals surface area contributed by atoms with Gasteiger partial charge in [0.25, 0.3) is 0 Å². The number of nitro groups is 1. The summed E-state index contributed by atoms with van der Waals surface area (Å²) in [5.41, 5.74) is 0.298. The number of hydrogen-bond donors (Lipinski definition) is 1. The molecule has 1 N–H and O–H groups in total. The highest BCUT2D eigenvalue weighted by Gasteiger charge is 2.16. The molecular weight excluding hydrogens is 284 g/mol. The molecule has 1 heterocycles. The van der Waals surface area contributed by atoms with Crippen molar-refractivity contribution in [2.24, 2.45) is 0 Å². The lowest BCUT2D eigenvalue weighted by molar-refractivity contribution is -0.385. The van der Waals surface area contributed by atoms with E-state index in [4.69, 9.17) is 16.3 Å². The van der Waals surface area contributed by atoms with Gasteiger partial charge < -0.3 is 9.84 Å². The number of nitro benzene ring substituents is 1. The average Bonchev–Trinajstić information content (AvgIpc) is 2.39. The minimum Gasteiger partial charge on any atom is -0.448 e. The number of halogens is 1. The van der Waals surface area contributed by atoms with Gasteiger partial charge in [-0.25, -0.2) is 0 Å². The first-order chi connectivity index (χ1) is 9.47. The molecule has 1 atom stereocenters. The van der Waals surface area contributed by atoms with Gasteiger partial charge in [0.1, 0.15) is 5.75 Å². The quantitative estimate of drug-likeness (QED) is 0.689. The molecule has 104 valence electrons. The van der Waals surface area contributed by atoms with Crippen LogP contribution in [-0.4, -0.2) is 15.0 Å². The van der Waals surface area contributed by atoms with Gasteiger partial charge in [-0.05, 0) is 25.1 Å². The third kappa shape index (κ3) is 3.23. The Balaban J connectivity index is 2.29. The van der Waals surface area contributed by atoms with E-state index < -0.39 is 11.0 Å². The lowest BCUT2D eigenvalue weighted by Gasteiger charge is -2.08. The Kier molecular flexibility index (Phi) is 4.16. The minimum atomic E-state index is -0.690. The largest absolute Gasteiger partial charge is 0.448 e. The summed E-state index contributed by atoms with van der Waals surface area (Å²) in [5, 5.41) is 20.6. The van der Waals surface area contributed by atoms with Crippen LogP contribution in [0.4, 0.5) is 5.69 Å². The molecule has 2 aromatic rings. The van der Waals surface area contributed by atoms with E-state index >= 15 is 0 Å². The third-order valence-electron chi connectivity index (χ3n) is 2.53. The second-order valence-electron chi connectivity index (χ2n) is 4.07. The number of rotatable bonds is 4. The van der Waals surface area contributed by atoms with Crippen LogP contribution in [0.15, 0.2) is 36.5 Å². The fourth-order valence-electron chi connectivity index (χ4n) is 1.55. The number of pyridine rings is 1. The van der Waals surface area contributed by atoms with E-state index in [2.05, 4.69) is 4.98 Å². The standard InChI is InChI=1S/C13H11ClN2O4/c1-8(17)11-4-3-10(7-15-11)20-13-6-9(14)2-5-12(13)16(18)19/h2-8,17H,1H3/t8-/m1/s1. The normalized spacial score (nSPS) is 11.9. The van der Waals surface area contributed by atoms with Gasteiger partial charge in [0, 0.05) is 17.2 Å². The molecule has 0 aliphatic rings. The van der Waals surface area contributed by atoms with Gasteiger partial charge >= 0.3 is 5.69 Å². The average molecular weight is 295 g/mol. The van der Waals surface area contributed by atoms with Crippen LogP contribution in [0.2, 0.25) is 5.02 Å². The summed E-state index contributed by atoms with van der Waals surface area (Å²) in [7, 11) is 0. The van der Waals surface area contributed by atoms with Crippen LogP contribution in [0.5, 0.6) is 11.5 Å². The Morgan fingerprint density at radius 2 is 2.15 bits per heavy atom. The first-order valence-electron chi connectivity index (χ1n) is 5.73. The monoisotopic (exact) mass is 294 g/mol. The lowest BCUT2D eigenvalue weighted by atomic mass is 10.2. The predicted molar refractivity (Wildman–Crippen MR) is 73.1 cm³/mol. The molecule has 7 heteroatoms. The van der Waals surface area contributed by atoms with E-state index in [0.29, 0.717) is 16.5 Å². The van der Waals surface area contributed by atoms with Gasteiger partial charge in [-0.3, -0.25) is 15.1 Å². The zero-order valence-electron chi connectivity index (χ0n) is 10.5. The molecule has 1 aromatic heterocycles. The fourth-order valence-corrected chi connectivity index (χ4v) is 1.71. The Morgan fingerprint density at radius 3 is 2.70 bits per heavy atom. The van der Waals surface area contributed by atoms with Crippen molar-refractivity contribution < 1.29 is 14.8 Å². The molecule has 0 spiro atoms. The van der Waals surface area contributed by atoms with Crippen LogP contribution >= 0.6 is 11.6 Å². The molecule has 0 bridgehead atoms. The first kappa shape index (κ1) is 14.2. The van der Waals surface area contributed by atoms with Gasteiger partial charge in [0.2, 0.25) is 5.75 Å². The number of ether oxygens (including phenoxy) is 1. The molecule has 20 heavy (non-hydrogen) atoms. The SMILES string of the molecule is C[C@@H](O)c1ccc(Oc2cc(Cl)ccc2[N+](=O)[O-])cn1. The van der Waals surface area contributed by atoms with Crippen molar-refractivity contribution in [2.75, 3.05) is 0 Å². The van der Waals surface area contributed by atoms with Crippen molar-refractivity contribution >= 4 is 17.3 Å². The number of benzene rings is 1. The van der Waals surface area contributed by atoms with Crippen LogP contribution < -0.4 is 4.74 Å². The van der Waals surface area contributed by atoms with Gasteiger partial charge in [-0.2, -0.15) is 0 Å². The zero-order chi connectivity index (χ0) is 14.7. The van der Waals surface area contributed by atoms with Gasteiger partial charge in [0.05, 0.1) is 22.9 Å². The molecule has 0 amide bonds. The summed E-state index contributed by atoms with van der Waals surface area (Å²) in [6.07, 6.45) is 0.691. The van der Waals surface area contributed by atoms with Crippen molar-refractivity contribution in [3.8, 4) is 11.5 Å². The maximum Gasteiger partial charge on any atom is 0.311 e. The van der Waals surface area contributed by atoms with Crippen LogP contribution in [-0.2, 0) is 0 Å². The molecule has 0 radical (unpaired) electrons. The van der Waals surface area contributed by atoms with Crippen LogP contribution in [0.25, 0.3) is 0 Å². The number of aliphatic hydroxyl groups is 1. The fraction of sp³-hybridized carbons (Fsp3) is 0.154. The number of nitrogens with zero attached hydrogens (tertiary/aromatic N) is 2. The third-order valence-corrected chi connectivity index (χ3v) is 2.77. The maximum absolute atomic E-state index is 10.9. The Bertz CT molecular complexity index is 629. The van der Waals surface area contributed by atoms with Gasteiger partial charge in [-0.15, -0.1) is 0 Å². The first-order valence-corrected chi connectivity index (χ1v) is 6.11. The van der Waals surface area contributed by atoms with Crippen molar-refractivity contribution in [2.45, 2.75) is 13.0 Å². The topological polar surface area (TPSA) is 85.5 Å². The van der Waals surface area contributed by atoms with Gasteiger partial charge in [0.15, 0.2) is 0 Å². The highest BCUT2D eigenvalue weighted by Crippen LogP contribution is 2.33. The smallest absolute Gasteiger partial charge is 0.311 e. The van der Waals surface area contributed by atoms with Crippen molar-refractivity contribution in [3.05, 3.63) is 57.4 Å². The summed E-state index contributed by atoms with van der Waals surface area (Å²) in [5.74, 6) is 0.355. The minimum absolute atomic E-state index is 0.0362. The summed E-state index contributed by atoms with van der Waals surface area (Å²) in [4.78, 5) is 14.3. The molecule has 1 aromatic carbocycles. The van der Waals surface area contributed by atoms with Gasteiger partial charge in [-0.1, -0.05) is 11.6 Å². The number of aliphatic hydroxyl groups excluding tert-OH is 1. The zero-order valence-corrected chi connectivity index (χ0v) is 11.2. The molecule has 0 saturated carbocycles. The van der Waals surface area contributed by atoms with E-state index in [-0.39, 0.29) is 11.4 Å². The molecule has 0 aliphatic carbocycles. The molecule has 0 unspecified atom stereocenters. The van der Waals surface area contributed by atoms with E-state index in [1.807, 2.05) is 0 Å². The number of aromatic nitrogens is 1. The van der Waals surface area contributed by atoms with E-state index in [1.54, 1.807) is 19.1 Å². The Hall–Kier alpha value is -2.18. The molecular formula is C13H11ClN2O4. The van der Waals surface area contributed by atoms with Crippen LogP contribution in [0, 0.1) is 10.1 Å². The van der Waals surface area contributed by atoms with Crippen molar-refractivity contribution in [1.29, 1.82) is 0 Å².